The molecule has 1 atom stereocenters. The van der Waals surface area contributed by atoms with Crippen LogP contribution in [0.1, 0.15) is 42.5 Å². The van der Waals surface area contributed by atoms with Crippen LogP contribution in [0, 0.1) is 0 Å². The van der Waals surface area contributed by atoms with Crippen molar-refractivity contribution in [3.05, 3.63) is 29.0 Å². The molecule has 0 saturated heterocycles. The van der Waals surface area contributed by atoms with E-state index < -0.39 is 6.43 Å². The van der Waals surface area contributed by atoms with E-state index in [0.717, 1.165) is 36.8 Å². The molecule has 1 unspecified atom stereocenters. The van der Waals surface area contributed by atoms with Crippen molar-refractivity contribution in [3.63, 3.8) is 0 Å². The number of aldehydes is 1. The van der Waals surface area contributed by atoms with E-state index in [-0.39, 0.29) is 12.6 Å². The summed E-state index contributed by atoms with van der Waals surface area (Å²) in [6.45, 7) is -0.0559. The summed E-state index contributed by atoms with van der Waals surface area (Å²) in [6.07, 6.45) is 5.85. The van der Waals surface area contributed by atoms with Gasteiger partial charge >= 0.3 is 0 Å². The number of pyridine rings is 1. The van der Waals surface area contributed by atoms with Gasteiger partial charge in [0.15, 0.2) is 6.29 Å². The Bertz CT molecular complexity index is 737. The maximum Gasteiger partial charge on any atom is 0.257 e. The molecule has 2 aliphatic rings. The zero-order valence-corrected chi connectivity index (χ0v) is 15.2. The number of methoxy groups -OCH3 is 1. The SMILES string of the molecule is COc1cc(C=O)c(OCC2=C(C3CC=NN3CC(F)F)CCCC2)cn1. The Morgan fingerprint density at radius 1 is 1.37 bits per heavy atom. The third kappa shape index (κ3) is 4.61. The van der Waals surface area contributed by atoms with Crippen molar-refractivity contribution in [2.45, 2.75) is 44.6 Å². The molecule has 0 amide bonds. The Morgan fingerprint density at radius 2 is 2.19 bits per heavy atom. The van der Waals surface area contributed by atoms with Crippen LogP contribution in [0.3, 0.4) is 0 Å². The van der Waals surface area contributed by atoms with Gasteiger partial charge in [0.1, 0.15) is 12.4 Å². The first-order valence-corrected chi connectivity index (χ1v) is 9.02. The lowest BCUT2D eigenvalue weighted by atomic mass is 9.86. The molecule has 0 bridgehead atoms. The number of alkyl halides is 2. The first-order valence-electron chi connectivity index (χ1n) is 9.02. The van der Waals surface area contributed by atoms with E-state index in [2.05, 4.69) is 10.1 Å². The summed E-state index contributed by atoms with van der Waals surface area (Å²) in [5, 5.41) is 5.60. The highest BCUT2D eigenvalue weighted by Crippen LogP contribution is 2.33. The number of halogens is 2. The normalized spacial score (nSPS) is 19.7. The van der Waals surface area contributed by atoms with Crippen LogP contribution in [0.15, 0.2) is 28.5 Å². The van der Waals surface area contributed by atoms with Gasteiger partial charge in [-0.05, 0) is 36.8 Å². The second-order valence-corrected chi connectivity index (χ2v) is 6.57. The highest BCUT2D eigenvalue weighted by atomic mass is 19.3. The molecule has 6 nitrogen and oxygen atoms in total. The highest BCUT2D eigenvalue weighted by Gasteiger charge is 2.30. The van der Waals surface area contributed by atoms with Crippen LogP contribution in [0.25, 0.3) is 0 Å². The lowest BCUT2D eigenvalue weighted by molar-refractivity contribution is 0.0808. The van der Waals surface area contributed by atoms with E-state index in [1.807, 2.05) is 0 Å². The fourth-order valence-corrected chi connectivity index (χ4v) is 3.58. The number of rotatable bonds is 8. The number of aromatic nitrogens is 1. The van der Waals surface area contributed by atoms with E-state index in [9.17, 15) is 13.6 Å². The minimum atomic E-state index is -2.42. The Balaban J connectivity index is 1.76. The molecule has 3 rings (SSSR count). The molecule has 0 fully saturated rings. The molecule has 1 aromatic heterocycles. The topological polar surface area (TPSA) is 64.0 Å². The standard InChI is InChI=1S/C19H23F2N3O3/c1-26-19-8-14(11-25)17(9-22-19)27-12-13-4-2-3-5-15(13)16-6-7-23-24(16)10-18(20)21/h7-9,11,16,18H,2-6,10,12H2,1H3. The number of carbonyl (C=O) groups is 1. The number of ether oxygens (including phenoxy) is 2. The van der Waals surface area contributed by atoms with Crippen LogP contribution in [0.5, 0.6) is 11.6 Å². The zero-order chi connectivity index (χ0) is 19.2. The van der Waals surface area contributed by atoms with Gasteiger partial charge in [-0.15, -0.1) is 0 Å². The highest BCUT2D eigenvalue weighted by molar-refractivity contribution is 5.79. The van der Waals surface area contributed by atoms with Gasteiger partial charge in [0.2, 0.25) is 5.88 Å². The van der Waals surface area contributed by atoms with Crippen molar-refractivity contribution in [2.24, 2.45) is 5.10 Å². The minimum Gasteiger partial charge on any atom is -0.487 e. The van der Waals surface area contributed by atoms with Crippen LogP contribution >= 0.6 is 0 Å². The average molecular weight is 379 g/mol. The molecule has 1 aliphatic heterocycles. The van der Waals surface area contributed by atoms with E-state index in [1.54, 1.807) is 6.21 Å². The number of carbonyl (C=O) groups excluding carboxylic acids is 1. The summed E-state index contributed by atoms with van der Waals surface area (Å²) in [6, 6.07) is 1.39. The van der Waals surface area contributed by atoms with Crippen LogP contribution in [-0.2, 0) is 0 Å². The summed E-state index contributed by atoms with van der Waals surface area (Å²) < 4.78 is 36.5. The van der Waals surface area contributed by atoms with E-state index in [4.69, 9.17) is 9.47 Å². The second-order valence-electron chi connectivity index (χ2n) is 6.57. The van der Waals surface area contributed by atoms with Crippen LogP contribution in [-0.4, -0.2) is 55.2 Å². The lowest BCUT2D eigenvalue weighted by Crippen LogP contribution is -2.34. The van der Waals surface area contributed by atoms with Gasteiger partial charge in [-0.25, -0.2) is 13.8 Å². The Hall–Kier alpha value is -2.51. The number of hydrogen-bond donors (Lipinski definition) is 0. The third-order valence-corrected chi connectivity index (χ3v) is 4.89. The number of hydrogen-bond acceptors (Lipinski definition) is 6. The quantitative estimate of drug-likeness (QED) is 0.511. The maximum atomic E-state index is 12.8. The Labute approximate surface area is 156 Å². The molecular formula is C19H23F2N3O3. The molecule has 0 radical (unpaired) electrons. The van der Waals surface area contributed by atoms with Gasteiger partial charge in [-0.3, -0.25) is 9.80 Å². The molecule has 146 valence electrons. The summed E-state index contributed by atoms with van der Waals surface area (Å²) in [7, 11) is 1.48. The molecule has 1 aliphatic carbocycles. The predicted octanol–water partition coefficient (Wildman–Crippen LogP) is 3.48. The summed E-state index contributed by atoms with van der Waals surface area (Å²) >= 11 is 0. The molecule has 2 heterocycles. The van der Waals surface area contributed by atoms with Gasteiger partial charge in [0, 0.05) is 18.7 Å². The molecule has 0 N–H and O–H groups in total. The van der Waals surface area contributed by atoms with E-state index in [1.165, 1.54) is 24.4 Å². The molecule has 8 heteroatoms. The molecular weight excluding hydrogens is 356 g/mol. The fourth-order valence-electron chi connectivity index (χ4n) is 3.58. The third-order valence-electron chi connectivity index (χ3n) is 4.89. The van der Waals surface area contributed by atoms with Gasteiger partial charge < -0.3 is 9.47 Å². The zero-order valence-electron chi connectivity index (χ0n) is 15.2. The Kier molecular flexibility index (Phi) is 6.36. The summed E-state index contributed by atoms with van der Waals surface area (Å²) in [4.78, 5) is 15.4. The van der Waals surface area contributed by atoms with E-state index in [0.29, 0.717) is 36.5 Å². The van der Waals surface area contributed by atoms with Gasteiger partial charge in [0.25, 0.3) is 6.43 Å². The van der Waals surface area contributed by atoms with Gasteiger partial charge in [-0.1, -0.05) is 0 Å². The van der Waals surface area contributed by atoms with Crippen molar-refractivity contribution in [3.8, 4) is 11.6 Å². The minimum absolute atomic E-state index is 0.127. The molecule has 0 aromatic carbocycles. The molecule has 1 aromatic rings. The average Bonchev–Trinajstić information content (AvgIpc) is 3.13. The largest absolute Gasteiger partial charge is 0.487 e. The molecule has 0 saturated carbocycles. The summed E-state index contributed by atoms with van der Waals surface area (Å²) in [5.41, 5.74) is 2.60. The van der Waals surface area contributed by atoms with Crippen LogP contribution < -0.4 is 9.47 Å². The first kappa shape index (κ1) is 19.3. The smallest absolute Gasteiger partial charge is 0.257 e. The maximum absolute atomic E-state index is 12.8. The van der Waals surface area contributed by atoms with Crippen molar-refractivity contribution in [1.82, 2.24) is 9.99 Å². The first-order chi connectivity index (χ1) is 13.1. The van der Waals surface area contributed by atoms with Crippen molar-refractivity contribution in [2.75, 3.05) is 20.3 Å². The van der Waals surface area contributed by atoms with Crippen molar-refractivity contribution >= 4 is 12.5 Å². The second kappa shape index (κ2) is 8.92. The predicted molar refractivity (Wildman–Crippen MR) is 96.8 cm³/mol. The Morgan fingerprint density at radius 3 is 2.93 bits per heavy atom. The van der Waals surface area contributed by atoms with Crippen molar-refractivity contribution < 1.29 is 23.0 Å². The summed E-state index contributed by atoms with van der Waals surface area (Å²) in [5.74, 6) is 0.725. The van der Waals surface area contributed by atoms with Gasteiger partial charge in [0.05, 0.1) is 31.5 Å². The van der Waals surface area contributed by atoms with Crippen molar-refractivity contribution in [1.29, 1.82) is 0 Å². The van der Waals surface area contributed by atoms with Crippen LogP contribution in [0.4, 0.5) is 8.78 Å². The van der Waals surface area contributed by atoms with E-state index >= 15 is 0 Å². The van der Waals surface area contributed by atoms with Gasteiger partial charge in [-0.2, -0.15) is 5.10 Å². The molecule has 0 spiro atoms. The molecule has 27 heavy (non-hydrogen) atoms. The monoisotopic (exact) mass is 379 g/mol. The van der Waals surface area contributed by atoms with Crippen LogP contribution in [0.2, 0.25) is 0 Å². The fraction of sp³-hybridized carbons (Fsp3) is 0.526. The lowest BCUT2D eigenvalue weighted by Gasteiger charge is -2.30. The number of nitrogens with zero attached hydrogens (tertiary/aromatic N) is 3. The number of hydrazone groups is 1.